The molecule has 1 amide bonds. The Labute approximate surface area is 171 Å². The van der Waals surface area contributed by atoms with E-state index in [-0.39, 0.29) is 11.9 Å². The molecule has 1 aromatic carbocycles. The monoisotopic (exact) mass is 438 g/mol. The molecule has 0 aromatic heterocycles. The van der Waals surface area contributed by atoms with E-state index < -0.39 is 0 Å². The molecule has 2 rings (SSSR count). The maximum Gasteiger partial charge on any atom is 0.251 e. The van der Waals surface area contributed by atoms with Crippen molar-refractivity contribution in [1.82, 2.24) is 10.2 Å². The van der Waals surface area contributed by atoms with Crippen LogP contribution in [-0.2, 0) is 0 Å². The third-order valence-electron chi connectivity index (χ3n) is 4.62. The number of halogens is 1. The van der Waals surface area contributed by atoms with Gasteiger partial charge < -0.3 is 14.8 Å². The normalized spacial score (nSPS) is 15.3. The first-order valence-electron chi connectivity index (χ1n) is 9.61. The molecule has 1 fully saturated rings. The van der Waals surface area contributed by atoms with Gasteiger partial charge in [0.15, 0.2) is 11.5 Å². The molecular weight excluding hydrogens is 408 g/mol. The molecule has 0 unspecified atom stereocenters. The van der Waals surface area contributed by atoms with Gasteiger partial charge in [-0.15, -0.1) is 0 Å². The highest BCUT2D eigenvalue weighted by Crippen LogP contribution is 2.36. The summed E-state index contributed by atoms with van der Waals surface area (Å²) in [7, 11) is 1.59. The van der Waals surface area contributed by atoms with Gasteiger partial charge in [0.1, 0.15) is 0 Å². The number of rotatable bonds is 8. The average molecular weight is 439 g/mol. The van der Waals surface area contributed by atoms with Crippen LogP contribution >= 0.6 is 15.9 Å². The summed E-state index contributed by atoms with van der Waals surface area (Å²) in [6, 6.07) is 3.75. The first-order chi connectivity index (χ1) is 12.9. The fraction of sp³-hybridized carbons (Fsp3) is 0.571. The van der Waals surface area contributed by atoms with E-state index in [1.54, 1.807) is 19.2 Å². The van der Waals surface area contributed by atoms with Crippen molar-refractivity contribution in [3.63, 3.8) is 0 Å². The van der Waals surface area contributed by atoms with Crippen LogP contribution in [0.2, 0.25) is 0 Å². The van der Waals surface area contributed by atoms with Crippen LogP contribution < -0.4 is 14.8 Å². The van der Waals surface area contributed by atoms with Gasteiger partial charge in [0.25, 0.3) is 5.91 Å². The Morgan fingerprint density at radius 2 is 2.04 bits per heavy atom. The van der Waals surface area contributed by atoms with Crippen LogP contribution in [0.15, 0.2) is 28.3 Å². The molecule has 1 saturated heterocycles. The van der Waals surface area contributed by atoms with Gasteiger partial charge in [-0.2, -0.15) is 0 Å². The SMILES string of the molecule is CCCOc1c(Br)cc(C(=O)NC2CCN(CC=C(C)C)CC2)cc1OC. The topological polar surface area (TPSA) is 50.8 Å². The zero-order valence-corrected chi connectivity index (χ0v) is 18.4. The third-order valence-corrected chi connectivity index (χ3v) is 5.21. The standard InChI is InChI=1S/C21H31BrN2O3/c1-5-12-27-20-18(22)13-16(14-19(20)26-4)21(25)23-17-7-10-24(11-8-17)9-6-15(2)3/h6,13-14,17H,5,7-12H2,1-4H3,(H,23,25). The Balaban J connectivity index is 1.96. The van der Waals surface area contributed by atoms with Crippen LogP contribution in [0.4, 0.5) is 0 Å². The lowest BCUT2D eigenvalue weighted by atomic mass is 10.0. The lowest BCUT2D eigenvalue weighted by molar-refractivity contribution is 0.0913. The number of benzene rings is 1. The summed E-state index contributed by atoms with van der Waals surface area (Å²) in [6.45, 7) is 9.90. The first-order valence-corrected chi connectivity index (χ1v) is 10.4. The summed E-state index contributed by atoms with van der Waals surface area (Å²) in [5.74, 6) is 1.14. The highest BCUT2D eigenvalue weighted by molar-refractivity contribution is 9.10. The highest BCUT2D eigenvalue weighted by atomic mass is 79.9. The van der Waals surface area contributed by atoms with E-state index in [9.17, 15) is 4.79 Å². The molecule has 0 saturated carbocycles. The van der Waals surface area contributed by atoms with E-state index in [0.29, 0.717) is 23.7 Å². The molecule has 27 heavy (non-hydrogen) atoms. The number of methoxy groups -OCH3 is 1. The van der Waals surface area contributed by atoms with Crippen molar-refractivity contribution < 1.29 is 14.3 Å². The second-order valence-corrected chi connectivity index (χ2v) is 8.02. The van der Waals surface area contributed by atoms with Gasteiger partial charge in [0.05, 0.1) is 18.2 Å². The fourth-order valence-electron chi connectivity index (χ4n) is 3.04. The maximum atomic E-state index is 12.7. The summed E-state index contributed by atoms with van der Waals surface area (Å²) < 4.78 is 11.9. The van der Waals surface area contributed by atoms with Gasteiger partial charge in [-0.25, -0.2) is 0 Å². The van der Waals surface area contributed by atoms with Gasteiger partial charge in [0, 0.05) is 31.2 Å². The smallest absolute Gasteiger partial charge is 0.251 e. The predicted octanol–water partition coefficient (Wildman–Crippen LogP) is 4.41. The van der Waals surface area contributed by atoms with Crippen molar-refractivity contribution in [1.29, 1.82) is 0 Å². The maximum absolute atomic E-state index is 12.7. The van der Waals surface area contributed by atoms with E-state index in [1.165, 1.54) is 5.57 Å². The number of likely N-dealkylation sites (tertiary alicyclic amines) is 1. The van der Waals surface area contributed by atoms with Gasteiger partial charge >= 0.3 is 0 Å². The van der Waals surface area contributed by atoms with Gasteiger partial charge in [0.2, 0.25) is 0 Å². The number of piperidine rings is 1. The summed E-state index contributed by atoms with van der Waals surface area (Å²) in [6.07, 6.45) is 5.10. The molecule has 150 valence electrons. The molecule has 0 atom stereocenters. The Hall–Kier alpha value is -1.53. The van der Waals surface area contributed by atoms with Crippen molar-refractivity contribution in [2.75, 3.05) is 33.4 Å². The third kappa shape index (κ3) is 6.54. The minimum Gasteiger partial charge on any atom is -0.493 e. The molecule has 1 aromatic rings. The van der Waals surface area contributed by atoms with Crippen molar-refractivity contribution in [2.45, 2.75) is 46.1 Å². The summed E-state index contributed by atoms with van der Waals surface area (Å²) in [4.78, 5) is 15.1. The Morgan fingerprint density at radius 1 is 1.33 bits per heavy atom. The quantitative estimate of drug-likeness (QED) is 0.610. The average Bonchev–Trinajstić information content (AvgIpc) is 2.65. The summed E-state index contributed by atoms with van der Waals surface area (Å²) in [5.41, 5.74) is 1.92. The van der Waals surface area contributed by atoms with Crippen molar-refractivity contribution >= 4 is 21.8 Å². The first kappa shape index (κ1) is 21.8. The van der Waals surface area contributed by atoms with E-state index in [2.05, 4.69) is 46.1 Å². The number of amides is 1. The van der Waals surface area contributed by atoms with E-state index in [0.717, 1.165) is 43.4 Å². The second-order valence-electron chi connectivity index (χ2n) is 7.17. The molecule has 1 aliphatic heterocycles. The van der Waals surface area contributed by atoms with Crippen LogP contribution in [0.5, 0.6) is 11.5 Å². The van der Waals surface area contributed by atoms with E-state index in [4.69, 9.17) is 9.47 Å². The molecule has 1 N–H and O–H groups in total. The largest absolute Gasteiger partial charge is 0.493 e. The van der Waals surface area contributed by atoms with E-state index in [1.807, 2.05) is 6.92 Å². The molecule has 5 nitrogen and oxygen atoms in total. The second kappa shape index (κ2) is 10.7. The van der Waals surface area contributed by atoms with Crippen molar-refractivity contribution in [3.8, 4) is 11.5 Å². The van der Waals surface area contributed by atoms with Crippen LogP contribution in [0, 0.1) is 0 Å². The summed E-state index contributed by atoms with van der Waals surface area (Å²) in [5, 5.41) is 3.16. The zero-order valence-electron chi connectivity index (χ0n) is 16.8. The van der Waals surface area contributed by atoms with Crippen molar-refractivity contribution in [3.05, 3.63) is 33.8 Å². The van der Waals surface area contributed by atoms with Crippen LogP contribution in [0.1, 0.15) is 50.4 Å². The number of ether oxygens (including phenoxy) is 2. The number of carbonyl (C=O) groups is 1. The van der Waals surface area contributed by atoms with Gasteiger partial charge in [-0.1, -0.05) is 18.6 Å². The van der Waals surface area contributed by atoms with Crippen LogP contribution in [0.25, 0.3) is 0 Å². The van der Waals surface area contributed by atoms with Crippen LogP contribution in [-0.4, -0.2) is 50.2 Å². The molecule has 6 heteroatoms. The Bertz CT molecular complexity index is 664. The van der Waals surface area contributed by atoms with Gasteiger partial charge in [-0.05, 0) is 61.2 Å². The molecule has 1 heterocycles. The van der Waals surface area contributed by atoms with Crippen LogP contribution in [0.3, 0.4) is 0 Å². The number of nitrogens with one attached hydrogen (secondary N) is 1. The molecule has 0 spiro atoms. The Morgan fingerprint density at radius 3 is 2.63 bits per heavy atom. The van der Waals surface area contributed by atoms with Crippen molar-refractivity contribution in [2.24, 2.45) is 0 Å². The minimum atomic E-state index is -0.0706. The predicted molar refractivity (Wildman–Crippen MR) is 113 cm³/mol. The summed E-state index contributed by atoms with van der Waals surface area (Å²) >= 11 is 3.50. The zero-order chi connectivity index (χ0) is 19.8. The lowest BCUT2D eigenvalue weighted by Gasteiger charge is -2.31. The number of carbonyl (C=O) groups excluding carboxylic acids is 1. The molecule has 1 aliphatic rings. The minimum absolute atomic E-state index is 0.0706. The molecule has 0 bridgehead atoms. The highest BCUT2D eigenvalue weighted by Gasteiger charge is 2.22. The molecule has 0 radical (unpaired) electrons. The van der Waals surface area contributed by atoms with E-state index >= 15 is 0 Å². The number of hydrogen-bond donors (Lipinski definition) is 1. The fourth-order valence-corrected chi connectivity index (χ4v) is 3.59. The number of hydrogen-bond acceptors (Lipinski definition) is 4. The lowest BCUT2D eigenvalue weighted by Crippen LogP contribution is -2.44. The number of allylic oxidation sites excluding steroid dienone is 1. The molecular formula is C21H31BrN2O3. The molecule has 0 aliphatic carbocycles. The number of nitrogens with zero attached hydrogens (tertiary/aromatic N) is 1. The Kier molecular flexibility index (Phi) is 8.64. The van der Waals surface area contributed by atoms with Gasteiger partial charge in [-0.3, -0.25) is 9.69 Å².